The molecule has 5 saturated heterocycles. The van der Waals surface area contributed by atoms with Gasteiger partial charge in [0.2, 0.25) is 11.3 Å². The fraction of sp³-hybridized carbons (Fsp3) is 0.754. The first kappa shape index (κ1) is 64.5. The number of amides is 1. The van der Waals surface area contributed by atoms with Crippen molar-refractivity contribution >= 4 is 30.1 Å². The Balaban J connectivity index is 1.03. The first-order valence-electron chi connectivity index (χ1n) is 29.9. The molecule has 9 rings (SSSR count). The summed E-state index contributed by atoms with van der Waals surface area (Å²) in [6.07, 6.45) is -4.08. The van der Waals surface area contributed by atoms with Crippen molar-refractivity contribution in [2.45, 2.75) is 243 Å². The summed E-state index contributed by atoms with van der Waals surface area (Å²) >= 11 is 0. The van der Waals surface area contributed by atoms with E-state index in [1.165, 1.54) is 19.9 Å². The Morgan fingerprint density at radius 2 is 1.47 bits per heavy atom. The number of nitrogens with zero attached hydrogens (tertiary/aromatic N) is 1. The second-order valence-electron chi connectivity index (χ2n) is 25.7. The third kappa shape index (κ3) is 12.3. The van der Waals surface area contributed by atoms with Crippen molar-refractivity contribution in [3.05, 3.63) is 68.5 Å². The van der Waals surface area contributed by atoms with Gasteiger partial charge >= 0.3 is 18.0 Å². The van der Waals surface area contributed by atoms with Gasteiger partial charge in [0.25, 0.3) is 0 Å². The van der Waals surface area contributed by atoms with Crippen molar-refractivity contribution in [1.29, 1.82) is 0 Å². The number of esters is 2. The van der Waals surface area contributed by atoms with Crippen LogP contribution >= 0.6 is 0 Å². The molecule has 0 aromatic rings. The van der Waals surface area contributed by atoms with Gasteiger partial charge in [0.05, 0.1) is 74.4 Å². The molecule has 1 amide bonds. The molecule has 472 valence electrons. The molecule has 6 fully saturated rings. The van der Waals surface area contributed by atoms with Gasteiger partial charge < -0.3 is 77.8 Å². The van der Waals surface area contributed by atoms with E-state index in [4.69, 9.17) is 52.1 Å². The van der Waals surface area contributed by atoms with Crippen LogP contribution in [0.2, 0.25) is 0 Å². The van der Waals surface area contributed by atoms with Gasteiger partial charge in [0, 0.05) is 61.7 Å². The molecule has 4 aliphatic carbocycles. The average Bonchev–Trinajstić information content (AvgIpc) is 1.74. The van der Waals surface area contributed by atoms with E-state index in [1.807, 2.05) is 32.9 Å². The van der Waals surface area contributed by atoms with E-state index >= 15 is 4.79 Å². The van der Waals surface area contributed by atoms with Gasteiger partial charge in [-0.15, -0.1) is 0 Å². The third-order valence-corrected chi connectivity index (χ3v) is 19.8. The van der Waals surface area contributed by atoms with Crippen LogP contribution in [-0.2, 0) is 71.3 Å². The van der Waals surface area contributed by atoms with Crippen LogP contribution < -0.4 is 5.32 Å². The molecule has 1 spiro atoms. The van der Waals surface area contributed by atoms with Crippen molar-refractivity contribution < 1.29 is 101 Å². The van der Waals surface area contributed by atoms with Crippen molar-refractivity contribution in [2.75, 3.05) is 7.11 Å². The number of hydrogen-bond donors (Lipinski definition) is 5. The molecule has 9 aliphatic rings. The molecule has 0 aromatic carbocycles. The van der Waals surface area contributed by atoms with Gasteiger partial charge in [0.15, 0.2) is 36.9 Å². The number of allylic oxidation sites excluding steroid dienone is 3. The van der Waals surface area contributed by atoms with Crippen LogP contribution in [0.25, 0.3) is 0 Å². The first-order valence-corrected chi connectivity index (χ1v) is 29.9. The predicted octanol–water partition coefficient (Wildman–Crippen LogP) is 5.45. The molecule has 24 nitrogen and oxygen atoms in total. The molecule has 85 heavy (non-hydrogen) atoms. The van der Waals surface area contributed by atoms with Crippen molar-refractivity contribution in [1.82, 2.24) is 5.32 Å². The Morgan fingerprint density at radius 3 is 2.13 bits per heavy atom. The Morgan fingerprint density at radius 1 is 0.800 bits per heavy atom. The molecule has 0 aromatic heterocycles. The number of methoxy groups -OCH3 is 1. The van der Waals surface area contributed by atoms with Crippen molar-refractivity contribution in [3.63, 3.8) is 0 Å². The van der Waals surface area contributed by atoms with E-state index in [-0.39, 0.29) is 43.1 Å². The Labute approximate surface area is 495 Å². The number of alkyl carbamates (subject to hydrolysis) is 1. The zero-order chi connectivity index (χ0) is 61.9. The number of fused-ring (bicyclic) bond motifs is 4. The van der Waals surface area contributed by atoms with Crippen LogP contribution in [0, 0.1) is 51.0 Å². The standard InChI is InChI=1S/C61H86N2O22/c1-27-13-16-42(81-48-25-59(10,63(73)74)54(34(8)79-48)62-58(72)75-12)28(2)20-39-40(66)21-36(26-64)24-61(39)56(70)49(57(71)85-61)55(69)60(11)38(27)15-14-37-50(60)29(3)19-30(4)52(37)84-47-23-44(53(33(7)78-47)80-35(9)65)83-45-18-17-43(31(5)76-45)82-46-22-41(67)51(68)32(6)77-46/h13-15,20-21,26,29-34,37-48,50-54,66-69H,16-19,22-25H2,1-12H3,(H,62,72)/b27-13+,28-20+,55-49+. The largest absolute Gasteiger partial charge is 0.511 e. The van der Waals surface area contributed by atoms with E-state index in [2.05, 4.69) is 25.2 Å². The highest BCUT2D eigenvalue weighted by atomic mass is 16.7. The summed E-state index contributed by atoms with van der Waals surface area (Å²) in [6, 6.07) is -1.12. The molecule has 24 heteroatoms. The maximum Gasteiger partial charge on any atom is 0.407 e. The zero-order valence-corrected chi connectivity index (χ0v) is 50.5. The Hall–Kier alpha value is -4.99. The number of Topliss-reactive ketones (excluding diaryl/α,β-unsaturated/α-hetero) is 1. The predicted molar refractivity (Wildman–Crippen MR) is 297 cm³/mol. The minimum absolute atomic E-state index is 0.0000144. The minimum Gasteiger partial charge on any atom is -0.511 e. The monoisotopic (exact) mass is 1200 g/mol. The quantitative estimate of drug-likeness (QED) is 0.0308. The molecule has 5 N–H and O–H groups in total. The molecule has 1 saturated carbocycles. The number of aldehydes is 1. The van der Waals surface area contributed by atoms with Crippen LogP contribution in [0.1, 0.15) is 128 Å². The molecule has 26 atom stereocenters. The number of ketones is 1. The molecule has 2 bridgehead atoms. The minimum atomic E-state index is -2.19. The fourth-order valence-corrected chi connectivity index (χ4v) is 15.5. The van der Waals surface area contributed by atoms with Gasteiger partial charge in [-0.2, -0.15) is 0 Å². The van der Waals surface area contributed by atoms with E-state index in [0.29, 0.717) is 36.7 Å². The Bertz CT molecular complexity index is 2720. The molecule has 0 radical (unpaired) electrons. The lowest BCUT2D eigenvalue weighted by molar-refractivity contribution is -0.584. The number of nitro groups is 1. The van der Waals surface area contributed by atoms with Gasteiger partial charge in [-0.05, 0) is 95.8 Å². The lowest BCUT2D eigenvalue weighted by Crippen LogP contribution is -2.65. The van der Waals surface area contributed by atoms with E-state index in [0.717, 1.165) is 7.11 Å². The summed E-state index contributed by atoms with van der Waals surface area (Å²) in [4.78, 5) is 80.1. The SMILES string of the molecule is COC(=O)NC1C(C)OC(OC2C/C=C(\C)C3C=CC4C(OC5CC(OC6CCC(OC7CC(O)C(O)C(C)O7)C(C)O6)C(OC(C)=O)C(C)O5)C(C)CC(C)C4C3(C)/C(O)=C3\C(=O)OC4(CC(C=O)=CC(O)C4/C=C/2C)C3=O)CC1(C)[N+](=O)[O-]. The first-order chi connectivity index (χ1) is 40.0. The number of ether oxygens (including phenoxy) is 11. The number of hydrogen-bond acceptors (Lipinski definition) is 22. The number of rotatable bonds is 12. The second-order valence-corrected chi connectivity index (χ2v) is 25.7. The number of carbonyl (C=O) groups is 5. The summed E-state index contributed by atoms with van der Waals surface area (Å²) in [5, 5.41) is 61.1. The van der Waals surface area contributed by atoms with Crippen molar-refractivity contribution in [3.8, 4) is 0 Å². The molecule has 5 aliphatic heterocycles. The highest BCUT2D eigenvalue weighted by molar-refractivity contribution is 6.26. The number of carbonyl (C=O) groups excluding carboxylic acids is 5. The number of aliphatic hydroxyl groups excluding tert-OH is 4. The van der Waals surface area contributed by atoms with Crippen LogP contribution in [0.3, 0.4) is 0 Å². The highest BCUT2D eigenvalue weighted by Crippen LogP contribution is 2.61. The highest BCUT2D eigenvalue weighted by Gasteiger charge is 2.65. The van der Waals surface area contributed by atoms with E-state index < -0.39 is 191 Å². The summed E-state index contributed by atoms with van der Waals surface area (Å²) in [6.45, 7) is 19.1. The van der Waals surface area contributed by atoms with Gasteiger partial charge in [-0.25, -0.2) is 9.59 Å². The molecular weight excluding hydrogens is 1110 g/mol. The zero-order valence-electron chi connectivity index (χ0n) is 50.5. The fourth-order valence-electron chi connectivity index (χ4n) is 15.5. The average molecular weight is 1200 g/mol. The summed E-state index contributed by atoms with van der Waals surface area (Å²) < 4.78 is 68.5. The molecule has 26 unspecified atom stereocenters. The Kier molecular flexibility index (Phi) is 19.2. The third-order valence-electron chi connectivity index (χ3n) is 19.8. The van der Waals surface area contributed by atoms with Crippen LogP contribution in [0.15, 0.2) is 58.4 Å². The van der Waals surface area contributed by atoms with Gasteiger partial charge in [-0.3, -0.25) is 24.5 Å². The summed E-state index contributed by atoms with van der Waals surface area (Å²) in [5.41, 5.74) is -4.88. The van der Waals surface area contributed by atoms with Crippen LogP contribution in [0.5, 0.6) is 0 Å². The lowest BCUT2D eigenvalue weighted by Gasteiger charge is -2.56. The second kappa shape index (κ2) is 25.2. The lowest BCUT2D eigenvalue weighted by atomic mass is 9.49. The smallest absolute Gasteiger partial charge is 0.407 e. The maximum atomic E-state index is 15.5. The summed E-state index contributed by atoms with van der Waals surface area (Å²) in [7, 11) is 1.15. The van der Waals surface area contributed by atoms with Crippen molar-refractivity contribution in [2.24, 2.45) is 40.9 Å². The number of aliphatic hydroxyl groups is 4. The van der Waals surface area contributed by atoms with Crippen LogP contribution in [-0.4, -0.2) is 178 Å². The maximum absolute atomic E-state index is 15.5. The molecular formula is C61H86N2O22. The van der Waals surface area contributed by atoms with Gasteiger partial charge in [-0.1, -0.05) is 50.6 Å². The molecule has 5 heterocycles. The van der Waals surface area contributed by atoms with E-state index in [9.17, 15) is 49.7 Å². The summed E-state index contributed by atoms with van der Waals surface area (Å²) in [5.74, 6) is -6.40. The van der Waals surface area contributed by atoms with Gasteiger partial charge in [0.1, 0.15) is 35.9 Å². The van der Waals surface area contributed by atoms with E-state index in [1.54, 1.807) is 33.8 Å². The topological polar surface area (TPSA) is 323 Å². The normalized spacial score (nSPS) is 47.8. The van der Waals surface area contributed by atoms with Crippen LogP contribution in [0.4, 0.5) is 4.79 Å². The number of nitrogens with one attached hydrogen (secondary N) is 1.